The van der Waals surface area contributed by atoms with Crippen molar-refractivity contribution in [3.63, 3.8) is 0 Å². The lowest BCUT2D eigenvalue weighted by molar-refractivity contribution is -0.128. The molecule has 3 heterocycles. The highest BCUT2D eigenvalue weighted by Gasteiger charge is 2.38. The number of nitrogens with zero attached hydrogens (tertiary/aromatic N) is 3. The van der Waals surface area contributed by atoms with Crippen LogP contribution in [0.15, 0.2) is 35.7 Å². The smallest absolute Gasteiger partial charge is 0.146 e. The van der Waals surface area contributed by atoms with E-state index in [2.05, 4.69) is 27.7 Å². The summed E-state index contributed by atoms with van der Waals surface area (Å²) in [5.41, 5.74) is 2.07. The lowest BCUT2D eigenvalue weighted by Gasteiger charge is -2.40. The van der Waals surface area contributed by atoms with E-state index in [1.165, 1.54) is 0 Å². The number of ether oxygens (including phenoxy) is 1. The van der Waals surface area contributed by atoms with Crippen molar-refractivity contribution in [3.8, 4) is 11.1 Å². The standard InChI is InChI=1S/C20H24N4O2S/c1-24(2)8-16-22-18(21-10-20(11-25)12-26-13-20)17-15(9-27-19(17)23-16)14-6-4-3-5-7-14/h3-7,9,25H,8,10-13H2,1-2H3,(H,21,22,23). The Bertz CT molecular complexity index is 917. The predicted molar refractivity (Wildman–Crippen MR) is 109 cm³/mol. The van der Waals surface area contributed by atoms with Gasteiger partial charge in [-0.2, -0.15) is 0 Å². The molecule has 0 spiro atoms. The van der Waals surface area contributed by atoms with Crippen LogP contribution in [-0.4, -0.2) is 60.4 Å². The molecule has 0 atom stereocenters. The van der Waals surface area contributed by atoms with E-state index in [9.17, 15) is 5.11 Å². The van der Waals surface area contributed by atoms with Gasteiger partial charge in [-0.15, -0.1) is 11.3 Å². The maximum absolute atomic E-state index is 9.74. The number of thiophene rings is 1. The Morgan fingerprint density at radius 1 is 1.22 bits per heavy atom. The van der Waals surface area contributed by atoms with Crippen LogP contribution in [0.4, 0.5) is 5.82 Å². The first kappa shape index (κ1) is 18.3. The van der Waals surface area contributed by atoms with Crippen LogP contribution in [-0.2, 0) is 11.3 Å². The number of aromatic nitrogens is 2. The number of aliphatic hydroxyl groups is 1. The first-order valence-electron chi connectivity index (χ1n) is 9.01. The largest absolute Gasteiger partial charge is 0.396 e. The number of fused-ring (bicyclic) bond motifs is 1. The van der Waals surface area contributed by atoms with Gasteiger partial charge in [0, 0.05) is 17.5 Å². The number of benzene rings is 1. The molecule has 0 bridgehead atoms. The fraction of sp³-hybridized carbons (Fsp3) is 0.400. The normalized spacial score (nSPS) is 15.9. The van der Waals surface area contributed by atoms with Crippen LogP contribution < -0.4 is 5.32 Å². The summed E-state index contributed by atoms with van der Waals surface area (Å²) < 4.78 is 5.32. The SMILES string of the molecule is CN(C)Cc1nc(NCC2(CO)COC2)c2c(-c3ccccc3)csc2n1. The fourth-order valence-electron chi connectivity index (χ4n) is 3.21. The summed E-state index contributed by atoms with van der Waals surface area (Å²) in [5, 5.41) is 16.4. The highest BCUT2D eigenvalue weighted by atomic mass is 32.1. The molecule has 0 saturated carbocycles. The summed E-state index contributed by atoms with van der Waals surface area (Å²) in [4.78, 5) is 12.6. The number of aliphatic hydroxyl groups excluding tert-OH is 1. The number of anilines is 1. The topological polar surface area (TPSA) is 70.5 Å². The third-order valence-electron chi connectivity index (χ3n) is 4.81. The van der Waals surface area contributed by atoms with Gasteiger partial charge in [-0.25, -0.2) is 9.97 Å². The lowest BCUT2D eigenvalue weighted by atomic mass is 9.87. The van der Waals surface area contributed by atoms with Gasteiger partial charge in [0.1, 0.15) is 16.5 Å². The zero-order valence-corrected chi connectivity index (χ0v) is 16.4. The van der Waals surface area contributed by atoms with Crippen LogP contribution in [0.5, 0.6) is 0 Å². The van der Waals surface area contributed by atoms with Crippen molar-refractivity contribution in [1.29, 1.82) is 0 Å². The van der Waals surface area contributed by atoms with E-state index >= 15 is 0 Å². The van der Waals surface area contributed by atoms with E-state index in [0.29, 0.717) is 26.3 Å². The molecule has 3 aromatic rings. The van der Waals surface area contributed by atoms with Crippen LogP contribution in [0.2, 0.25) is 0 Å². The molecule has 7 heteroatoms. The van der Waals surface area contributed by atoms with Gasteiger partial charge in [0.2, 0.25) is 0 Å². The number of hydrogen-bond donors (Lipinski definition) is 2. The molecular weight excluding hydrogens is 360 g/mol. The van der Waals surface area contributed by atoms with Crippen LogP contribution in [0.25, 0.3) is 21.3 Å². The maximum Gasteiger partial charge on any atom is 0.146 e. The van der Waals surface area contributed by atoms with Crippen LogP contribution in [0.1, 0.15) is 5.82 Å². The average molecular weight is 385 g/mol. The molecule has 1 saturated heterocycles. The molecule has 142 valence electrons. The third kappa shape index (κ3) is 3.68. The Hall–Kier alpha value is -2.06. The van der Waals surface area contributed by atoms with Crippen LogP contribution >= 0.6 is 11.3 Å². The maximum atomic E-state index is 9.74. The van der Waals surface area contributed by atoms with Crippen LogP contribution in [0, 0.1) is 5.41 Å². The van der Waals surface area contributed by atoms with Crippen molar-refractivity contribution in [3.05, 3.63) is 41.5 Å². The Labute approximate surface area is 162 Å². The molecule has 0 amide bonds. The molecule has 1 fully saturated rings. The summed E-state index contributed by atoms with van der Waals surface area (Å²) in [5.74, 6) is 1.62. The second kappa shape index (κ2) is 7.52. The molecule has 2 aromatic heterocycles. The van der Waals surface area contributed by atoms with Gasteiger partial charge in [-0.3, -0.25) is 0 Å². The Morgan fingerprint density at radius 3 is 2.63 bits per heavy atom. The zero-order valence-electron chi connectivity index (χ0n) is 15.6. The molecule has 4 rings (SSSR count). The highest BCUT2D eigenvalue weighted by Crippen LogP contribution is 2.37. The minimum atomic E-state index is -0.220. The quantitative estimate of drug-likeness (QED) is 0.653. The second-order valence-corrected chi connectivity index (χ2v) is 8.28. The summed E-state index contributed by atoms with van der Waals surface area (Å²) >= 11 is 1.64. The fourth-order valence-corrected chi connectivity index (χ4v) is 4.17. The van der Waals surface area contributed by atoms with E-state index in [1.54, 1.807) is 11.3 Å². The van der Waals surface area contributed by atoms with Gasteiger partial charge in [-0.1, -0.05) is 30.3 Å². The molecule has 1 aromatic carbocycles. The van der Waals surface area contributed by atoms with Crippen molar-refractivity contribution in [2.45, 2.75) is 6.54 Å². The van der Waals surface area contributed by atoms with E-state index < -0.39 is 0 Å². The van der Waals surface area contributed by atoms with Gasteiger partial charge in [0.05, 0.1) is 37.2 Å². The number of hydrogen-bond acceptors (Lipinski definition) is 7. The van der Waals surface area contributed by atoms with Crippen molar-refractivity contribution in [2.75, 3.05) is 45.8 Å². The van der Waals surface area contributed by atoms with Crippen molar-refractivity contribution < 1.29 is 9.84 Å². The molecule has 0 aliphatic carbocycles. The van der Waals surface area contributed by atoms with Gasteiger partial charge in [0.25, 0.3) is 0 Å². The molecule has 2 N–H and O–H groups in total. The molecule has 0 unspecified atom stereocenters. The predicted octanol–water partition coefficient (Wildman–Crippen LogP) is 2.84. The summed E-state index contributed by atoms with van der Waals surface area (Å²) in [6.07, 6.45) is 0. The first-order chi connectivity index (χ1) is 13.1. The molecule has 1 aliphatic heterocycles. The van der Waals surface area contributed by atoms with E-state index in [1.807, 2.05) is 32.3 Å². The van der Waals surface area contributed by atoms with Crippen LogP contribution in [0.3, 0.4) is 0 Å². The van der Waals surface area contributed by atoms with Gasteiger partial charge >= 0.3 is 0 Å². The van der Waals surface area contributed by atoms with E-state index in [-0.39, 0.29) is 12.0 Å². The Kier molecular flexibility index (Phi) is 5.10. The summed E-state index contributed by atoms with van der Waals surface area (Å²) in [6.45, 7) is 2.56. The second-order valence-electron chi connectivity index (χ2n) is 7.43. The Balaban J connectivity index is 1.76. The highest BCUT2D eigenvalue weighted by molar-refractivity contribution is 7.17. The van der Waals surface area contributed by atoms with Crippen molar-refractivity contribution >= 4 is 27.4 Å². The monoisotopic (exact) mass is 384 g/mol. The first-order valence-corrected chi connectivity index (χ1v) is 9.89. The minimum Gasteiger partial charge on any atom is -0.396 e. The average Bonchev–Trinajstić information content (AvgIpc) is 3.05. The van der Waals surface area contributed by atoms with E-state index in [0.717, 1.165) is 33.0 Å². The number of rotatable bonds is 7. The number of nitrogens with one attached hydrogen (secondary N) is 1. The molecule has 27 heavy (non-hydrogen) atoms. The molecular formula is C20H24N4O2S. The summed E-state index contributed by atoms with van der Waals surface area (Å²) in [7, 11) is 4.02. The van der Waals surface area contributed by atoms with Gasteiger partial charge < -0.3 is 20.1 Å². The van der Waals surface area contributed by atoms with Gasteiger partial charge in [-0.05, 0) is 19.7 Å². The zero-order chi connectivity index (χ0) is 18.9. The van der Waals surface area contributed by atoms with E-state index in [4.69, 9.17) is 14.7 Å². The van der Waals surface area contributed by atoms with Crippen molar-refractivity contribution in [1.82, 2.24) is 14.9 Å². The van der Waals surface area contributed by atoms with Gasteiger partial charge in [0.15, 0.2) is 0 Å². The lowest BCUT2D eigenvalue weighted by Crippen LogP contribution is -2.50. The molecule has 1 aliphatic rings. The minimum absolute atomic E-state index is 0.105. The van der Waals surface area contributed by atoms with Crippen molar-refractivity contribution in [2.24, 2.45) is 5.41 Å². The summed E-state index contributed by atoms with van der Waals surface area (Å²) in [6, 6.07) is 10.3. The molecule has 0 radical (unpaired) electrons. The third-order valence-corrected chi connectivity index (χ3v) is 5.68. The molecule has 6 nitrogen and oxygen atoms in total. The Morgan fingerprint density at radius 2 is 2.00 bits per heavy atom.